The number of hydrogen-bond acceptors (Lipinski definition) is 3. The van der Waals surface area contributed by atoms with Gasteiger partial charge < -0.3 is 5.84 Å². The molecule has 0 radical (unpaired) electrons. The largest absolute Gasteiger partial charge is 0.323 e. The average Bonchev–Trinajstić information content (AvgIpc) is 2.21. The van der Waals surface area contributed by atoms with Crippen molar-refractivity contribution >= 4 is 18.0 Å². The van der Waals surface area contributed by atoms with Crippen LogP contribution in [0.4, 0.5) is 0 Å². The molecular weight excluding hydrogens is 192 g/mol. The number of hydrazone groups is 1. The summed E-state index contributed by atoms with van der Waals surface area (Å²) in [6.45, 7) is 2.21. The monoisotopic (exact) mass is 208 g/mol. The topological polar surface area (TPSA) is 38.4 Å². The van der Waals surface area contributed by atoms with Gasteiger partial charge in [-0.3, -0.25) is 0 Å². The minimum atomic E-state index is 1.05. The molecule has 0 unspecified atom stereocenters. The molecule has 0 spiro atoms. The van der Waals surface area contributed by atoms with Gasteiger partial charge in [0.05, 0.1) is 6.21 Å². The van der Waals surface area contributed by atoms with Crippen LogP contribution in [0.2, 0.25) is 0 Å². The minimum absolute atomic E-state index is 1.05. The zero-order valence-electron chi connectivity index (χ0n) is 8.44. The SMILES string of the molecule is CCCCSc1ccc(C=NN)cc1. The van der Waals surface area contributed by atoms with Crippen LogP contribution >= 0.6 is 11.8 Å². The first kappa shape index (κ1) is 11.1. The summed E-state index contributed by atoms with van der Waals surface area (Å²) in [5.41, 5.74) is 1.05. The molecule has 0 aliphatic carbocycles. The third-order valence-electron chi connectivity index (χ3n) is 1.87. The molecule has 2 N–H and O–H groups in total. The molecule has 0 fully saturated rings. The summed E-state index contributed by atoms with van der Waals surface area (Å²) in [5, 5.41) is 3.48. The zero-order chi connectivity index (χ0) is 10.2. The van der Waals surface area contributed by atoms with E-state index in [0.717, 1.165) is 5.56 Å². The first-order chi connectivity index (χ1) is 6.86. The normalized spacial score (nSPS) is 10.9. The number of unbranched alkanes of at least 4 members (excludes halogenated alkanes) is 1. The van der Waals surface area contributed by atoms with Crippen molar-refractivity contribution in [3.05, 3.63) is 29.8 Å². The Morgan fingerprint density at radius 2 is 2.07 bits per heavy atom. The van der Waals surface area contributed by atoms with Crippen LogP contribution in [0.5, 0.6) is 0 Å². The second-order valence-electron chi connectivity index (χ2n) is 3.05. The Hall–Kier alpha value is -0.960. The molecule has 1 aromatic carbocycles. The van der Waals surface area contributed by atoms with Crippen LogP contribution in [0.25, 0.3) is 0 Å². The quantitative estimate of drug-likeness (QED) is 0.266. The lowest BCUT2D eigenvalue weighted by Crippen LogP contribution is -1.86. The van der Waals surface area contributed by atoms with Gasteiger partial charge in [-0.05, 0) is 29.9 Å². The Morgan fingerprint density at radius 1 is 1.36 bits per heavy atom. The fraction of sp³-hybridized carbons (Fsp3) is 0.364. The van der Waals surface area contributed by atoms with Crippen molar-refractivity contribution in [1.82, 2.24) is 0 Å². The highest BCUT2D eigenvalue weighted by Gasteiger charge is 1.93. The van der Waals surface area contributed by atoms with E-state index < -0.39 is 0 Å². The van der Waals surface area contributed by atoms with Gasteiger partial charge in [-0.25, -0.2) is 0 Å². The van der Waals surface area contributed by atoms with Gasteiger partial charge in [0.25, 0.3) is 0 Å². The standard InChI is InChI=1S/C11H16N2S/c1-2-3-8-14-11-6-4-10(5-7-11)9-13-12/h4-7,9H,2-3,8,12H2,1H3. The molecular formula is C11H16N2S. The third-order valence-corrected chi connectivity index (χ3v) is 2.97. The molecule has 1 rings (SSSR count). The van der Waals surface area contributed by atoms with Crippen molar-refractivity contribution in [1.29, 1.82) is 0 Å². The Balaban J connectivity index is 2.46. The Labute approximate surface area is 89.6 Å². The summed E-state index contributed by atoms with van der Waals surface area (Å²) < 4.78 is 0. The predicted octanol–water partition coefficient (Wildman–Crippen LogP) is 2.87. The van der Waals surface area contributed by atoms with Crippen molar-refractivity contribution in [3.8, 4) is 0 Å². The van der Waals surface area contributed by atoms with Crippen LogP contribution in [-0.4, -0.2) is 12.0 Å². The fourth-order valence-electron chi connectivity index (χ4n) is 1.07. The third kappa shape index (κ3) is 3.83. The predicted molar refractivity (Wildman–Crippen MR) is 63.9 cm³/mol. The Bertz CT molecular complexity index is 280. The van der Waals surface area contributed by atoms with Crippen LogP contribution in [0.1, 0.15) is 25.3 Å². The summed E-state index contributed by atoms with van der Waals surface area (Å²) in [4.78, 5) is 1.31. The second kappa shape index (κ2) is 6.49. The summed E-state index contributed by atoms with van der Waals surface area (Å²) in [6, 6.07) is 8.28. The molecule has 0 saturated heterocycles. The van der Waals surface area contributed by atoms with Crippen LogP contribution in [0, 0.1) is 0 Å². The van der Waals surface area contributed by atoms with Crippen LogP contribution in [0.15, 0.2) is 34.3 Å². The molecule has 0 bridgehead atoms. The van der Waals surface area contributed by atoms with E-state index in [0.29, 0.717) is 0 Å². The molecule has 0 saturated carbocycles. The van der Waals surface area contributed by atoms with E-state index in [9.17, 15) is 0 Å². The maximum absolute atomic E-state index is 5.06. The Morgan fingerprint density at radius 3 is 2.64 bits per heavy atom. The molecule has 0 aliphatic rings. The maximum Gasteiger partial charge on any atom is 0.0538 e. The average molecular weight is 208 g/mol. The Kier molecular flexibility index (Phi) is 5.15. The molecule has 2 nitrogen and oxygen atoms in total. The summed E-state index contributed by atoms with van der Waals surface area (Å²) in [5.74, 6) is 6.26. The number of thioether (sulfide) groups is 1. The highest BCUT2D eigenvalue weighted by Crippen LogP contribution is 2.19. The summed E-state index contributed by atoms with van der Waals surface area (Å²) in [6.07, 6.45) is 4.18. The smallest absolute Gasteiger partial charge is 0.0538 e. The number of nitrogens with two attached hydrogens (primary N) is 1. The van der Waals surface area contributed by atoms with Gasteiger partial charge in [0, 0.05) is 4.90 Å². The molecule has 1 aromatic rings. The molecule has 0 aromatic heterocycles. The van der Waals surface area contributed by atoms with Gasteiger partial charge in [0.1, 0.15) is 0 Å². The molecule has 14 heavy (non-hydrogen) atoms. The summed E-state index contributed by atoms with van der Waals surface area (Å²) in [7, 11) is 0. The van der Waals surface area contributed by atoms with Gasteiger partial charge in [-0.1, -0.05) is 25.5 Å². The van der Waals surface area contributed by atoms with E-state index in [1.54, 1.807) is 6.21 Å². The van der Waals surface area contributed by atoms with Gasteiger partial charge in [0.15, 0.2) is 0 Å². The molecule has 0 atom stereocenters. The van der Waals surface area contributed by atoms with Crippen molar-refractivity contribution < 1.29 is 0 Å². The summed E-state index contributed by atoms with van der Waals surface area (Å²) >= 11 is 1.90. The zero-order valence-corrected chi connectivity index (χ0v) is 9.26. The van der Waals surface area contributed by atoms with E-state index in [1.807, 2.05) is 23.9 Å². The van der Waals surface area contributed by atoms with Crippen molar-refractivity contribution in [2.75, 3.05) is 5.75 Å². The lowest BCUT2D eigenvalue weighted by molar-refractivity contribution is 0.896. The number of rotatable bonds is 5. The molecule has 0 aliphatic heterocycles. The minimum Gasteiger partial charge on any atom is -0.323 e. The van der Waals surface area contributed by atoms with Gasteiger partial charge >= 0.3 is 0 Å². The van der Waals surface area contributed by atoms with E-state index in [2.05, 4.69) is 24.2 Å². The highest BCUT2D eigenvalue weighted by atomic mass is 32.2. The van der Waals surface area contributed by atoms with Gasteiger partial charge in [-0.15, -0.1) is 11.8 Å². The van der Waals surface area contributed by atoms with Gasteiger partial charge in [0.2, 0.25) is 0 Å². The van der Waals surface area contributed by atoms with Crippen LogP contribution in [-0.2, 0) is 0 Å². The first-order valence-electron chi connectivity index (χ1n) is 4.83. The van der Waals surface area contributed by atoms with Crippen molar-refractivity contribution in [2.45, 2.75) is 24.7 Å². The molecule has 0 amide bonds. The van der Waals surface area contributed by atoms with Crippen molar-refractivity contribution in [3.63, 3.8) is 0 Å². The fourth-order valence-corrected chi connectivity index (χ4v) is 2.07. The molecule has 3 heteroatoms. The number of nitrogens with zero attached hydrogens (tertiary/aromatic N) is 1. The molecule has 76 valence electrons. The van der Waals surface area contributed by atoms with E-state index in [1.165, 1.54) is 23.5 Å². The number of hydrogen-bond donors (Lipinski definition) is 1. The maximum atomic E-state index is 5.06. The second-order valence-corrected chi connectivity index (χ2v) is 4.22. The van der Waals surface area contributed by atoms with E-state index in [-0.39, 0.29) is 0 Å². The number of benzene rings is 1. The lowest BCUT2D eigenvalue weighted by Gasteiger charge is -2.00. The lowest BCUT2D eigenvalue weighted by atomic mass is 10.2. The van der Waals surface area contributed by atoms with Crippen LogP contribution in [0.3, 0.4) is 0 Å². The highest BCUT2D eigenvalue weighted by molar-refractivity contribution is 7.99. The first-order valence-corrected chi connectivity index (χ1v) is 5.81. The van der Waals surface area contributed by atoms with Crippen LogP contribution < -0.4 is 5.84 Å². The van der Waals surface area contributed by atoms with E-state index in [4.69, 9.17) is 5.84 Å². The molecule has 0 heterocycles. The van der Waals surface area contributed by atoms with Gasteiger partial charge in [-0.2, -0.15) is 5.10 Å². The van der Waals surface area contributed by atoms with E-state index >= 15 is 0 Å². The van der Waals surface area contributed by atoms with Crippen molar-refractivity contribution in [2.24, 2.45) is 10.9 Å².